The Morgan fingerprint density at radius 3 is 2.80 bits per heavy atom. The molecule has 20 heavy (non-hydrogen) atoms. The molecule has 2 unspecified atom stereocenters. The first kappa shape index (κ1) is 13.1. The number of aryl methyl sites for hydroxylation is 1. The largest absolute Gasteiger partial charge is 0.497 e. The molecule has 1 aromatic carbocycles. The second-order valence-corrected chi connectivity index (χ2v) is 5.32. The molecule has 1 N–H and O–H groups in total. The Bertz CT molecular complexity index is 583. The molecule has 0 amide bonds. The molecule has 0 spiro atoms. The number of pyridine rings is 1. The highest BCUT2D eigenvalue weighted by Crippen LogP contribution is 2.35. The van der Waals surface area contributed by atoms with Crippen LogP contribution in [0.25, 0.3) is 0 Å². The maximum Gasteiger partial charge on any atom is 0.119 e. The number of nitrogens with one attached hydrogen (secondary N) is 1. The van der Waals surface area contributed by atoms with Crippen molar-refractivity contribution in [3.05, 3.63) is 59.4 Å². The lowest BCUT2D eigenvalue weighted by atomic mass is 10.0. The summed E-state index contributed by atoms with van der Waals surface area (Å²) in [5, 5.41) is 3.72. The van der Waals surface area contributed by atoms with Crippen LogP contribution >= 0.6 is 0 Å². The minimum atomic E-state index is 0.320. The average Bonchev–Trinajstić information content (AvgIpc) is 2.90. The van der Waals surface area contributed by atoms with Crippen molar-refractivity contribution >= 4 is 0 Å². The van der Waals surface area contributed by atoms with Crippen molar-refractivity contribution in [2.45, 2.75) is 31.8 Å². The maximum atomic E-state index is 5.34. The van der Waals surface area contributed by atoms with Crippen LogP contribution in [0.15, 0.2) is 42.7 Å². The van der Waals surface area contributed by atoms with Crippen molar-refractivity contribution in [3.8, 4) is 5.75 Å². The minimum absolute atomic E-state index is 0.320. The molecule has 0 fully saturated rings. The molecule has 3 nitrogen and oxygen atoms in total. The van der Waals surface area contributed by atoms with E-state index in [4.69, 9.17) is 4.74 Å². The molecule has 1 aromatic heterocycles. The van der Waals surface area contributed by atoms with E-state index in [2.05, 4.69) is 41.5 Å². The van der Waals surface area contributed by atoms with Crippen LogP contribution in [-0.2, 0) is 6.42 Å². The molecule has 3 rings (SSSR count). The molecule has 2 aromatic rings. The number of hydrogen-bond donors (Lipinski definition) is 1. The van der Waals surface area contributed by atoms with Gasteiger partial charge in [-0.15, -0.1) is 0 Å². The summed E-state index contributed by atoms with van der Waals surface area (Å²) in [7, 11) is 1.72. The highest BCUT2D eigenvalue weighted by molar-refractivity contribution is 5.41. The van der Waals surface area contributed by atoms with Crippen molar-refractivity contribution in [2.75, 3.05) is 7.11 Å². The molecule has 1 heterocycles. The van der Waals surface area contributed by atoms with Gasteiger partial charge in [0.2, 0.25) is 0 Å². The molecule has 1 aliphatic carbocycles. The Morgan fingerprint density at radius 1 is 1.25 bits per heavy atom. The molecule has 0 bridgehead atoms. The molecule has 3 heteroatoms. The fourth-order valence-electron chi connectivity index (χ4n) is 2.93. The van der Waals surface area contributed by atoms with E-state index in [9.17, 15) is 0 Å². The van der Waals surface area contributed by atoms with E-state index in [0.717, 1.165) is 18.6 Å². The molecule has 1 aliphatic rings. The van der Waals surface area contributed by atoms with Crippen molar-refractivity contribution in [1.29, 1.82) is 0 Å². The Morgan fingerprint density at radius 2 is 2.05 bits per heavy atom. The van der Waals surface area contributed by atoms with Gasteiger partial charge < -0.3 is 10.1 Å². The highest BCUT2D eigenvalue weighted by Gasteiger charge is 2.24. The fraction of sp³-hybridized carbons (Fsp3) is 0.353. The lowest BCUT2D eigenvalue weighted by Gasteiger charge is -2.21. The van der Waals surface area contributed by atoms with E-state index in [1.165, 1.54) is 16.7 Å². The summed E-state index contributed by atoms with van der Waals surface area (Å²) in [6.45, 7) is 2.20. The lowest BCUT2D eigenvalue weighted by molar-refractivity contribution is 0.412. The molecule has 0 radical (unpaired) electrons. The summed E-state index contributed by atoms with van der Waals surface area (Å²) in [6, 6.07) is 11.3. The van der Waals surface area contributed by atoms with Crippen LogP contribution in [0.1, 0.15) is 42.1 Å². The topological polar surface area (TPSA) is 34.1 Å². The molecular weight excluding hydrogens is 248 g/mol. The second-order valence-electron chi connectivity index (χ2n) is 5.32. The van der Waals surface area contributed by atoms with Gasteiger partial charge in [-0.05, 0) is 60.7 Å². The van der Waals surface area contributed by atoms with Crippen molar-refractivity contribution in [3.63, 3.8) is 0 Å². The molecule has 2 atom stereocenters. The third-order valence-electron chi connectivity index (χ3n) is 4.09. The van der Waals surface area contributed by atoms with Gasteiger partial charge in [0.25, 0.3) is 0 Å². The zero-order valence-corrected chi connectivity index (χ0v) is 12.0. The summed E-state index contributed by atoms with van der Waals surface area (Å²) < 4.78 is 5.34. The molecule has 0 aliphatic heterocycles. The van der Waals surface area contributed by atoms with Gasteiger partial charge in [-0.25, -0.2) is 0 Å². The first-order chi connectivity index (χ1) is 9.78. The number of methoxy groups -OCH3 is 1. The Kier molecular flexibility index (Phi) is 3.70. The summed E-state index contributed by atoms with van der Waals surface area (Å²) in [5.41, 5.74) is 4.09. The minimum Gasteiger partial charge on any atom is -0.497 e. The monoisotopic (exact) mass is 268 g/mol. The van der Waals surface area contributed by atoms with E-state index >= 15 is 0 Å². The number of hydrogen-bond acceptors (Lipinski definition) is 3. The zero-order valence-electron chi connectivity index (χ0n) is 12.0. The van der Waals surface area contributed by atoms with Crippen LogP contribution in [0.3, 0.4) is 0 Å². The van der Waals surface area contributed by atoms with Crippen LogP contribution in [-0.4, -0.2) is 12.1 Å². The standard InChI is InChI=1S/C17H20N2O/c1-12(13-7-9-18-10-8-13)19-17-6-4-14-3-5-15(20-2)11-16(14)17/h3,5,7-12,17,19H,4,6H2,1-2H3. The van der Waals surface area contributed by atoms with Crippen molar-refractivity contribution in [2.24, 2.45) is 0 Å². The molecule has 104 valence electrons. The number of rotatable bonds is 4. The first-order valence-electron chi connectivity index (χ1n) is 7.10. The number of benzene rings is 1. The van der Waals surface area contributed by atoms with Gasteiger partial charge in [-0.3, -0.25) is 4.98 Å². The summed E-state index contributed by atoms with van der Waals surface area (Å²) >= 11 is 0. The van der Waals surface area contributed by atoms with Crippen LogP contribution in [0.5, 0.6) is 5.75 Å². The lowest BCUT2D eigenvalue weighted by Crippen LogP contribution is -2.23. The van der Waals surface area contributed by atoms with Gasteiger partial charge >= 0.3 is 0 Å². The zero-order chi connectivity index (χ0) is 13.9. The first-order valence-corrected chi connectivity index (χ1v) is 7.10. The van der Waals surface area contributed by atoms with Crippen molar-refractivity contribution in [1.82, 2.24) is 10.3 Å². The van der Waals surface area contributed by atoms with Crippen LogP contribution in [0.4, 0.5) is 0 Å². The average molecular weight is 268 g/mol. The SMILES string of the molecule is COc1ccc2c(c1)C(NC(C)c1ccncc1)CC2. The van der Waals surface area contributed by atoms with Gasteiger partial charge in [0.1, 0.15) is 5.75 Å². The maximum absolute atomic E-state index is 5.34. The van der Waals surface area contributed by atoms with Gasteiger partial charge in [0.15, 0.2) is 0 Å². The predicted octanol–water partition coefficient (Wildman–Crippen LogP) is 3.43. The van der Waals surface area contributed by atoms with Crippen LogP contribution in [0, 0.1) is 0 Å². The number of ether oxygens (including phenoxy) is 1. The summed E-state index contributed by atoms with van der Waals surface area (Å²) in [5.74, 6) is 0.939. The van der Waals surface area contributed by atoms with Crippen LogP contribution in [0.2, 0.25) is 0 Å². The number of fused-ring (bicyclic) bond motifs is 1. The third kappa shape index (κ3) is 2.54. The predicted molar refractivity (Wildman–Crippen MR) is 79.8 cm³/mol. The highest BCUT2D eigenvalue weighted by atomic mass is 16.5. The Hall–Kier alpha value is -1.87. The fourth-order valence-corrected chi connectivity index (χ4v) is 2.93. The molecule has 0 saturated carbocycles. The Labute approximate surface area is 120 Å². The van der Waals surface area contributed by atoms with E-state index < -0.39 is 0 Å². The number of nitrogens with zero attached hydrogens (tertiary/aromatic N) is 1. The normalized spacial score (nSPS) is 18.6. The van der Waals surface area contributed by atoms with Gasteiger partial charge in [0.05, 0.1) is 7.11 Å². The molecule has 0 saturated heterocycles. The van der Waals surface area contributed by atoms with E-state index in [1.54, 1.807) is 7.11 Å². The smallest absolute Gasteiger partial charge is 0.119 e. The van der Waals surface area contributed by atoms with E-state index in [-0.39, 0.29) is 0 Å². The summed E-state index contributed by atoms with van der Waals surface area (Å²) in [4.78, 5) is 4.07. The van der Waals surface area contributed by atoms with Crippen LogP contribution < -0.4 is 10.1 Å². The number of aromatic nitrogens is 1. The summed E-state index contributed by atoms with van der Waals surface area (Å²) in [6.07, 6.45) is 5.98. The van der Waals surface area contributed by atoms with E-state index in [1.807, 2.05) is 18.5 Å². The van der Waals surface area contributed by atoms with E-state index in [0.29, 0.717) is 12.1 Å². The quantitative estimate of drug-likeness (QED) is 0.922. The second kappa shape index (κ2) is 5.63. The van der Waals surface area contributed by atoms with Crippen molar-refractivity contribution < 1.29 is 4.74 Å². The van der Waals surface area contributed by atoms with Gasteiger partial charge in [-0.1, -0.05) is 6.07 Å². The molecular formula is C17H20N2O. The Balaban J connectivity index is 1.78. The third-order valence-corrected chi connectivity index (χ3v) is 4.09. The van der Waals surface area contributed by atoms with Gasteiger partial charge in [0, 0.05) is 24.5 Å². The van der Waals surface area contributed by atoms with Gasteiger partial charge in [-0.2, -0.15) is 0 Å².